The largest absolute Gasteiger partial charge is 0.322 e. The molecule has 146 valence electrons. The van der Waals surface area contributed by atoms with E-state index in [1.54, 1.807) is 12.1 Å². The summed E-state index contributed by atoms with van der Waals surface area (Å²) in [5.74, 6) is -0.542. The lowest BCUT2D eigenvalue weighted by Gasteiger charge is -2.34. The van der Waals surface area contributed by atoms with Crippen molar-refractivity contribution in [2.24, 2.45) is 10.4 Å². The molecule has 0 aliphatic carbocycles. The highest BCUT2D eigenvalue weighted by molar-refractivity contribution is 7.92. The minimum Gasteiger partial charge on any atom is -0.322 e. The van der Waals surface area contributed by atoms with E-state index < -0.39 is 15.8 Å². The van der Waals surface area contributed by atoms with Crippen LogP contribution in [0, 0.1) is 11.2 Å². The van der Waals surface area contributed by atoms with Gasteiger partial charge in [-0.1, -0.05) is 25.4 Å². The monoisotopic (exact) mass is 421 g/mol. The minimum atomic E-state index is -3.99. The van der Waals surface area contributed by atoms with Gasteiger partial charge in [-0.2, -0.15) is 0 Å². The van der Waals surface area contributed by atoms with E-state index in [1.165, 1.54) is 6.07 Å². The van der Waals surface area contributed by atoms with Crippen molar-refractivity contribution in [2.75, 3.05) is 22.7 Å². The maximum atomic E-state index is 13.3. The molecule has 6 nitrogen and oxygen atoms in total. The normalized spacial score (nSPS) is 17.8. The number of benzene rings is 2. The number of ketones is 1. The molecule has 0 amide bonds. The van der Waals surface area contributed by atoms with Crippen molar-refractivity contribution in [3.8, 4) is 0 Å². The van der Waals surface area contributed by atoms with Gasteiger partial charge in [-0.25, -0.2) is 12.8 Å². The molecule has 0 radical (unpaired) electrons. The molecule has 0 atom stereocenters. The van der Waals surface area contributed by atoms with Gasteiger partial charge in [0.15, 0.2) is 5.84 Å². The summed E-state index contributed by atoms with van der Waals surface area (Å²) in [6, 6.07) is 7.93. The highest BCUT2D eigenvalue weighted by Gasteiger charge is 2.40. The molecule has 2 aliphatic heterocycles. The summed E-state index contributed by atoms with van der Waals surface area (Å²) < 4.78 is 40.9. The van der Waals surface area contributed by atoms with E-state index in [2.05, 4.69) is 23.6 Å². The Balaban J connectivity index is 1.67. The Kier molecular flexibility index (Phi) is 4.24. The third-order valence-corrected chi connectivity index (χ3v) is 6.36. The maximum absolute atomic E-state index is 13.3. The van der Waals surface area contributed by atoms with Crippen LogP contribution in [-0.2, 0) is 10.0 Å². The molecular formula is C19H17ClFN3O3S. The van der Waals surface area contributed by atoms with Crippen LogP contribution < -0.4 is 9.62 Å². The van der Waals surface area contributed by atoms with Crippen molar-refractivity contribution in [2.45, 2.75) is 18.7 Å². The number of sulfonamides is 1. The van der Waals surface area contributed by atoms with Crippen molar-refractivity contribution in [3.05, 3.63) is 52.8 Å². The first-order valence-electron chi connectivity index (χ1n) is 8.56. The first-order valence-corrected chi connectivity index (χ1v) is 10.4. The Hall–Kier alpha value is -2.45. The van der Waals surface area contributed by atoms with E-state index in [0.717, 1.165) is 18.2 Å². The van der Waals surface area contributed by atoms with E-state index in [1.807, 2.05) is 4.90 Å². The predicted octanol–water partition coefficient (Wildman–Crippen LogP) is 3.72. The number of carbonyl (C=O) groups excluding carboxylic acids is 1. The van der Waals surface area contributed by atoms with Crippen LogP contribution in [0.4, 0.5) is 15.8 Å². The summed E-state index contributed by atoms with van der Waals surface area (Å²) in [4.78, 5) is 18.8. The maximum Gasteiger partial charge on any atom is 0.261 e. The fourth-order valence-corrected chi connectivity index (χ4v) is 4.64. The predicted molar refractivity (Wildman–Crippen MR) is 106 cm³/mol. The number of nitrogens with zero attached hydrogens (tertiary/aromatic N) is 2. The minimum absolute atomic E-state index is 0.0620. The molecule has 1 N–H and O–H groups in total. The van der Waals surface area contributed by atoms with Crippen LogP contribution in [0.1, 0.15) is 24.2 Å². The summed E-state index contributed by atoms with van der Waals surface area (Å²) in [5.41, 5.74) is 1.28. The number of anilines is 2. The number of halogens is 2. The van der Waals surface area contributed by atoms with Gasteiger partial charge in [0, 0.05) is 24.2 Å². The number of carbonyl (C=O) groups is 1. The fraction of sp³-hybridized carbons (Fsp3) is 0.263. The van der Waals surface area contributed by atoms with Crippen molar-refractivity contribution < 1.29 is 17.6 Å². The second-order valence-corrected chi connectivity index (χ2v) is 9.72. The third kappa shape index (κ3) is 3.16. The van der Waals surface area contributed by atoms with E-state index in [4.69, 9.17) is 11.6 Å². The average Bonchev–Trinajstić information content (AvgIpc) is 2.87. The first kappa shape index (κ1) is 18.9. The Morgan fingerprint density at radius 2 is 1.96 bits per heavy atom. The second-order valence-electron chi connectivity index (χ2n) is 7.63. The molecule has 0 fully saturated rings. The second kappa shape index (κ2) is 6.28. The summed E-state index contributed by atoms with van der Waals surface area (Å²) in [5, 5.41) is -0.287. The number of fused-ring (bicyclic) bond motifs is 3. The zero-order valence-corrected chi connectivity index (χ0v) is 16.7. The Bertz CT molecular complexity index is 1150. The standard InChI is InChI=1S/C19H17ClFN3O3S/c1-19(2)9-22-18-17(25)13-7-11(3-6-16(13)24(18)10-19)23-28(26,27)12-4-5-15(21)14(20)8-12/h3-8,23H,9-10H2,1-2H3. The molecule has 0 bridgehead atoms. The smallest absolute Gasteiger partial charge is 0.261 e. The average molecular weight is 422 g/mol. The molecule has 2 aromatic rings. The number of rotatable bonds is 3. The van der Waals surface area contributed by atoms with Gasteiger partial charge < -0.3 is 4.90 Å². The Morgan fingerprint density at radius 3 is 2.68 bits per heavy atom. The fourth-order valence-electron chi connectivity index (χ4n) is 3.32. The van der Waals surface area contributed by atoms with Crippen LogP contribution >= 0.6 is 11.6 Å². The topological polar surface area (TPSA) is 78.8 Å². The van der Waals surface area contributed by atoms with Gasteiger partial charge in [0.1, 0.15) is 5.82 Å². The third-order valence-electron chi connectivity index (χ3n) is 4.69. The van der Waals surface area contributed by atoms with Gasteiger partial charge in [-0.15, -0.1) is 0 Å². The lowest BCUT2D eigenvalue weighted by Crippen LogP contribution is -2.44. The van der Waals surface area contributed by atoms with Gasteiger partial charge >= 0.3 is 0 Å². The number of Topliss-reactive ketones (excluding diaryl/α,β-unsaturated/α-hetero) is 1. The molecule has 2 aliphatic rings. The van der Waals surface area contributed by atoms with Gasteiger partial charge in [0.05, 0.1) is 21.2 Å². The van der Waals surface area contributed by atoms with Crippen molar-refractivity contribution >= 4 is 44.6 Å². The summed E-state index contributed by atoms with van der Waals surface area (Å²) >= 11 is 5.68. The van der Waals surface area contributed by atoms with E-state index in [9.17, 15) is 17.6 Å². The lowest BCUT2D eigenvalue weighted by molar-refractivity contribution is 0.106. The van der Waals surface area contributed by atoms with Crippen LogP contribution in [0.15, 0.2) is 46.3 Å². The zero-order valence-electron chi connectivity index (χ0n) is 15.2. The van der Waals surface area contributed by atoms with E-state index >= 15 is 0 Å². The van der Waals surface area contributed by atoms with Crippen molar-refractivity contribution in [1.29, 1.82) is 0 Å². The van der Waals surface area contributed by atoms with E-state index in [0.29, 0.717) is 30.2 Å². The number of aliphatic imine (C=N–C) groups is 1. The van der Waals surface area contributed by atoms with Gasteiger partial charge in [0.25, 0.3) is 10.0 Å². The summed E-state index contributed by atoms with van der Waals surface area (Å²) in [6.45, 7) is 5.37. The van der Waals surface area contributed by atoms with Gasteiger partial charge in [0.2, 0.25) is 5.78 Å². The zero-order chi connectivity index (χ0) is 20.3. The van der Waals surface area contributed by atoms with Crippen LogP contribution in [0.5, 0.6) is 0 Å². The van der Waals surface area contributed by atoms with Gasteiger partial charge in [-0.3, -0.25) is 14.5 Å². The Morgan fingerprint density at radius 1 is 1.21 bits per heavy atom. The summed E-state index contributed by atoms with van der Waals surface area (Å²) in [6.07, 6.45) is 0. The first-order chi connectivity index (χ1) is 13.1. The number of hydrogen-bond donors (Lipinski definition) is 1. The van der Waals surface area contributed by atoms with Gasteiger partial charge in [-0.05, 0) is 36.4 Å². The molecule has 9 heteroatoms. The molecular weight excluding hydrogens is 405 g/mol. The molecule has 0 unspecified atom stereocenters. The highest BCUT2D eigenvalue weighted by atomic mass is 35.5. The molecule has 0 aromatic heterocycles. The molecule has 2 aromatic carbocycles. The molecule has 28 heavy (non-hydrogen) atoms. The number of amidine groups is 1. The van der Waals surface area contributed by atoms with E-state index in [-0.39, 0.29) is 26.8 Å². The molecule has 2 heterocycles. The SMILES string of the molecule is CC1(C)CN=C2C(=O)c3cc(NS(=O)(=O)c4ccc(F)c(Cl)c4)ccc3N2C1. The van der Waals surface area contributed by atoms with Crippen LogP contribution in [0.25, 0.3) is 0 Å². The van der Waals surface area contributed by atoms with Crippen molar-refractivity contribution in [3.63, 3.8) is 0 Å². The number of hydrogen-bond acceptors (Lipinski definition) is 5. The quantitative estimate of drug-likeness (QED) is 0.819. The lowest BCUT2D eigenvalue weighted by atomic mass is 9.91. The summed E-state index contributed by atoms with van der Waals surface area (Å²) in [7, 11) is -3.99. The van der Waals surface area contributed by atoms with Crippen molar-refractivity contribution in [1.82, 2.24) is 0 Å². The highest BCUT2D eigenvalue weighted by Crippen LogP contribution is 2.37. The molecule has 0 saturated heterocycles. The number of nitrogens with one attached hydrogen (secondary N) is 1. The molecule has 0 saturated carbocycles. The molecule has 0 spiro atoms. The van der Waals surface area contributed by atoms with Crippen LogP contribution in [-0.4, -0.2) is 33.1 Å². The van der Waals surface area contributed by atoms with Crippen LogP contribution in [0.2, 0.25) is 5.02 Å². The Labute approximate surface area is 167 Å². The van der Waals surface area contributed by atoms with Crippen LogP contribution in [0.3, 0.4) is 0 Å². The molecule has 4 rings (SSSR count).